The van der Waals surface area contributed by atoms with Crippen molar-refractivity contribution in [2.75, 3.05) is 6.54 Å². The van der Waals surface area contributed by atoms with Gasteiger partial charge in [0.2, 0.25) is 0 Å². The summed E-state index contributed by atoms with van der Waals surface area (Å²) in [5, 5.41) is 0. The largest absolute Gasteiger partial charge is 0.457 e. The zero-order chi connectivity index (χ0) is 13.8. The maximum atomic E-state index is 13.2. The first-order valence-electron chi connectivity index (χ1n) is 6.02. The molecule has 2 N–H and O–H groups in total. The molecule has 4 heteroatoms. The minimum absolute atomic E-state index is 0.230. The summed E-state index contributed by atoms with van der Waals surface area (Å²) < 4.78 is 19.8. The van der Waals surface area contributed by atoms with Gasteiger partial charge in [-0.1, -0.05) is 22.0 Å². The Hall–Kier alpha value is -1.39. The van der Waals surface area contributed by atoms with E-state index < -0.39 is 0 Å². The van der Waals surface area contributed by atoms with Gasteiger partial charge >= 0.3 is 0 Å². The quantitative estimate of drug-likeness (QED) is 0.915. The van der Waals surface area contributed by atoms with Gasteiger partial charge in [-0.25, -0.2) is 4.39 Å². The highest BCUT2D eigenvalue weighted by atomic mass is 79.9. The lowest BCUT2D eigenvalue weighted by molar-refractivity contribution is 0.479. The van der Waals surface area contributed by atoms with Crippen LogP contribution >= 0.6 is 15.9 Å². The standard InChI is InChI=1S/C15H15BrFNO/c1-10-8-12(4-5-15(10)17)19-13-3-2-11(6-7-18)14(16)9-13/h2-5,8-9H,6-7,18H2,1H3. The van der Waals surface area contributed by atoms with Crippen LogP contribution in [0, 0.1) is 12.7 Å². The van der Waals surface area contributed by atoms with E-state index in [2.05, 4.69) is 15.9 Å². The van der Waals surface area contributed by atoms with E-state index in [0.29, 0.717) is 23.6 Å². The maximum Gasteiger partial charge on any atom is 0.128 e. The summed E-state index contributed by atoms with van der Waals surface area (Å²) in [5.41, 5.74) is 7.24. The van der Waals surface area contributed by atoms with Crippen molar-refractivity contribution in [3.05, 3.63) is 57.8 Å². The zero-order valence-electron chi connectivity index (χ0n) is 10.6. The van der Waals surface area contributed by atoms with Gasteiger partial charge < -0.3 is 10.5 Å². The number of ether oxygens (including phenoxy) is 1. The second kappa shape index (κ2) is 6.17. The van der Waals surface area contributed by atoms with Crippen molar-refractivity contribution in [1.82, 2.24) is 0 Å². The Bertz CT molecular complexity index is 586. The molecule has 2 aromatic rings. The molecular weight excluding hydrogens is 309 g/mol. The average Bonchev–Trinajstić information content (AvgIpc) is 2.37. The second-order valence-electron chi connectivity index (χ2n) is 4.30. The van der Waals surface area contributed by atoms with Gasteiger partial charge in [-0.2, -0.15) is 0 Å². The number of hydrogen-bond acceptors (Lipinski definition) is 2. The smallest absolute Gasteiger partial charge is 0.128 e. The average molecular weight is 324 g/mol. The SMILES string of the molecule is Cc1cc(Oc2ccc(CCN)c(Br)c2)ccc1F. The normalized spacial score (nSPS) is 10.5. The molecule has 2 rings (SSSR count). The highest BCUT2D eigenvalue weighted by molar-refractivity contribution is 9.10. The third kappa shape index (κ3) is 3.55. The van der Waals surface area contributed by atoms with Gasteiger partial charge in [0.05, 0.1) is 0 Å². The molecule has 0 aliphatic carbocycles. The third-order valence-electron chi connectivity index (χ3n) is 2.80. The van der Waals surface area contributed by atoms with Crippen LogP contribution < -0.4 is 10.5 Å². The van der Waals surface area contributed by atoms with Gasteiger partial charge in [0, 0.05) is 4.47 Å². The molecule has 0 aliphatic heterocycles. The van der Waals surface area contributed by atoms with Crippen molar-refractivity contribution in [2.24, 2.45) is 5.73 Å². The molecule has 0 amide bonds. The molecule has 0 unspecified atom stereocenters. The third-order valence-corrected chi connectivity index (χ3v) is 3.54. The predicted molar refractivity (Wildman–Crippen MR) is 78.1 cm³/mol. The van der Waals surface area contributed by atoms with Gasteiger partial charge in [0.15, 0.2) is 0 Å². The summed E-state index contributed by atoms with van der Waals surface area (Å²) >= 11 is 3.49. The molecule has 0 saturated heterocycles. The van der Waals surface area contributed by atoms with Gasteiger partial charge in [0.1, 0.15) is 17.3 Å². The molecule has 0 spiro atoms. The van der Waals surface area contributed by atoms with E-state index in [0.717, 1.165) is 16.5 Å². The van der Waals surface area contributed by atoms with Crippen LogP contribution in [0.2, 0.25) is 0 Å². The number of halogens is 2. The highest BCUT2D eigenvalue weighted by Gasteiger charge is 2.04. The summed E-state index contributed by atoms with van der Waals surface area (Å²) in [6.45, 7) is 2.32. The maximum absolute atomic E-state index is 13.2. The number of hydrogen-bond donors (Lipinski definition) is 1. The molecule has 2 nitrogen and oxygen atoms in total. The number of rotatable bonds is 4. The van der Waals surface area contributed by atoms with Crippen LogP contribution in [0.25, 0.3) is 0 Å². The van der Waals surface area contributed by atoms with Gasteiger partial charge in [0.25, 0.3) is 0 Å². The van der Waals surface area contributed by atoms with E-state index in [9.17, 15) is 4.39 Å². The van der Waals surface area contributed by atoms with Crippen molar-refractivity contribution >= 4 is 15.9 Å². The highest BCUT2D eigenvalue weighted by Crippen LogP contribution is 2.28. The molecule has 0 heterocycles. The van der Waals surface area contributed by atoms with Crippen LogP contribution in [-0.2, 0) is 6.42 Å². The van der Waals surface area contributed by atoms with Crippen LogP contribution in [0.3, 0.4) is 0 Å². The summed E-state index contributed by atoms with van der Waals surface area (Å²) in [6.07, 6.45) is 0.816. The molecule has 0 saturated carbocycles. The summed E-state index contributed by atoms with van der Waals surface area (Å²) in [7, 11) is 0. The van der Waals surface area contributed by atoms with Crippen LogP contribution in [0.5, 0.6) is 11.5 Å². The molecular formula is C15H15BrFNO. The summed E-state index contributed by atoms with van der Waals surface area (Å²) in [6, 6.07) is 10.4. The summed E-state index contributed by atoms with van der Waals surface area (Å²) in [5.74, 6) is 1.10. The molecule has 19 heavy (non-hydrogen) atoms. The molecule has 0 aliphatic rings. The van der Waals surface area contributed by atoms with Crippen LogP contribution in [0.15, 0.2) is 40.9 Å². The minimum atomic E-state index is -0.230. The van der Waals surface area contributed by atoms with Crippen LogP contribution in [-0.4, -0.2) is 6.54 Å². The Morgan fingerprint density at radius 1 is 1.16 bits per heavy atom. The Kier molecular flexibility index (Phi) is 4.56. The van der Waals surface area contributed by atoms with Gasteiger partial charge in [-0.05, 0) is 61.3 Å². The number of benzene rings is 2. The fraction of sp³-hybridized carbons (Fsp3) is 0.200. The molecule has 0 radical (unpaired) electrons. The molecule has 0 atom stereocenters. The van der Waals surface area contributed by atoms with Crippen molar-refractivity contribution in [3.63, 3.8) is 0 Å². The van der Waals surface area contributed by atoms with Crippen LogP contribution in [0.1, 0.15) is 11.1 Å². The lowest BCUT2D eigenvalue weighted by atomic mass is 10.1. The number of nitrogens with two attached hydrogens (primary N) is 1. The fourth-order valence-corrected chi connectivity index (χ4v) is 2.32. The Morgan fingerprint density at radius 3 is 2.47 bits per heavy atom. The predicted octanol–water partition coefficient (Wildman–Crippen LogP) is 4.19. The van der Waals surface area contributed by atoms with E-state index in [1.54, 1.807) is 19.1 Å². The zero-order valence-corrected chi connectivity index (χ0v) is 12.2. The van der Waals surface area contributed by atoms with E-state index in [4.69, 9.17) is 10.5 Å². The molecule has 0 fully saturated rings. The van der Waals surface area contributed by atoms with E-state index in [1.165, 1.54) is 6.07 Å². The summed E-state index contributed by atoms with van der Waals surface area (Å²) in [4.78, 5) is 0. The fourth-order valence-electron chi connectivity index (χ4n) is 1.77. The Morgan fingerprint density at radius 2 is 1.84 bits per heavy atom. The van der Waals surface area contributed by atoms with E-state index in [-0.39, 0.29) is 5.82 Å². The molecule has 0 bridgehead atoms. The molecule has 0 aromatic heterocycles. The van der Waals surface area contributed by atoms with E-state index >= 15 is 0 Å². The minimum Gasteiger partial charge on any atom is -0.457 e. The van der Waals surface area contributed by atoms with Crippen molar-refractivity contribution in [2.45, 2.75) is 13.3 Å². The first-order valence-corrected chi connectivity index (χ1v) is 6.82. The first kappa shape index (κ1) is 14.0. The van der Waals surface area contributed by atoms with Crippen LogP contribution in [0.4, 0.5) is 4.39 Å². The lowest BCUT2D eigenvalue weighted by Crippen LogP contribution is -2.03. The van der Waals surface area contributed by atoms with Crippen molar-refractivity contribution < 1.29 is 9.13 Å². The Balaban J connectivity index is 2.19. The van der Waals surface area contributed by atoms with Crippen molar-refractivity contribution in [1.29, 1.82) is 0 Å². The van der Waals surface area contributed by atoms with Crippen molar-refractivity contribution in [3.8, 4) is 11.5 Å². The molecule has 2 aromatic carbocycles. The lowest BCUT2D eigenvalue weighted by Gasteiger charge is -2.09. The monoisotopic (exact) mass is 323 g/mol. The topological polar surface area (TPSA) is 35.2 Å². The molecule has 100 valence electrons. The first-order chi connectivity index (χ1) is 9.10. The van der Waals surface area contributed by atoms with E-state index in [1.807, 2.05) is 18.2 Å². The Labute approximate surface area is 120 Å². The van der Waals surface area contributed by atoms with Gasteiger partial charge in [-0.15, -0.1) is 0 Å². The second-order valence-corrected chi connectivity index (χ2v) is 5.16. The van der Waals surface area contributed by atoms with Gasteiger partial charge in [-0.3, -0.25) is 0 Å². The number of aryl methyl sites for hydroxylation is 1.